The normalized spacial score (nSPS) is 10.5. The van der Waals surface area contributed by atoms with Crippen LogP contribution < -0.4 is 16.2 Å². The van der Waals surface area contributed by atoms with Gasteiger partial charge in [-0.1, -0.05) is 13.0 Å². The lowest BCUT2D eigenvalue weighted by Gasteiger charge is -2.04. The Morgan fingerprint density at radius 1 is 1.27 bits per heavy atom. The highest BCUT2D eigenvalue weighted by Crippen LogP contribution is 1.88. The average Bonchev–Trinajstić information content (AvgIpc) is 2.23. The highest BCUT2D eigenvalue weighted by Gasteiger charge is 1.92. The number of nitrogens with one attached hydrogen (secondary N) is 3. The van der Waals surface area contributed by atoms with Gasteiger partial charge in [0, 0.05) is 18.3 Å². The standard InChI is InChI=1S/C11H19N3O/c1-2-12-7-4-8-13-9-10-5-3-6-11(15)14-10/h3,5-6,12-13H,2,4,7-9H2,1H3,(H,14,15). The van der Waals surface area contributed by atoms with E-state index in [1.54, 1.807) is 6.07 Å². The monoisotopic (exact) mass is 209 g/mol. The zero-order chi connectivity index (χ0) is 10.9. The van der Waals surface area contributed by atoms with Gasteiger partial charge in [0.1, 0.15) is 0 Å². The fourth-order valence-corrected chi connectivity index (χ4v) is 1.33. The molecule has 1 aromatic rings. The van der Waals surface area contributed by atoms with Crippen LogP contribution in [0.3, 0.4) is 0 Å². The molecule has 4 nitrogen and oxygen atoms in total. The van der Waals surface area contributed by atoms with E-state index >= 15 is 0 Å². The number of hydrogen-bond acceptors (Lipinski definition) is 3. The summed E-state index contributed by atoms with van der Waals surface area (Å²) < 4.78 is 0. The minimum Gasteiger partial charge on any atom is -0.325 e. The van der Waals surface area contributed by atoms with E-state index in [2.05, 4.69) is 22.5 Å². The number of pyridine rings is 1. The van der Waals surface area contributed by atoms with E-state index in [1.165, 1.54) is 6.07 Å². The highest BCUT2D eigenvalue weighted by atomic mass is 16.1. The third kappa shape index (κ3) is 5.34. The van der Waals surface area contributed by atoms with Crippen LogP contribution in [0.4, 0.5) is 0 Å². The SMILES string of the molecule is CCNCCCNCc1cccc(=O)[nH]1. The molecule has 1 rings (SSSR count). The molecule has 3 N–H and O–H groups in total. The summed E-state index contributed by atoms with van der Waals surface area (Å²) in [5, 5.41) is 6.54. The predicted molar refractivity (Wildman–Crippen MR) is 61.9 cm³/mol. The van der Waals surface area contributed by atoms with Crippen LogP contribution in [-0.4, -0.2) is 24.6 Å². The van der Waals surface area contributed by atoms with E-state index in [0.717, 1.165) is 38.3 Å². The second kappa shape index (κ2) is 7.20. The number of aromatic amines is 1. The van der Waals surface area contributed by atoms with Crippen LogP contribution in [0.2, 0.25) is 0 Å². The summed E-state index contributed by atoms with van der Waals surface area (Å²) in [5.74, 6) is 0. The molecule has 0 saturated carbocycles. The first-order valence-electron chi connectivity index (χ1n) is 5.42. The van der Waals surface area contributed by atoms with Crippen molar-refractivity contribution in [3.8, 4) is 0 Å². The summed E-state index contributed by atoms with van der Waals surface area (Å²) in [7, 11) is 0. The molecule has 0 radical (unpaired) electrons. The largest absolute Gasteiger partial charge is 0.325 e. The van der Waals surface area contributed by atoms with Crippen LogP contribution in [0, 0.1) is 0 Å². The molecule has 0 fully saturated rings. The van der Waals surface area contributed by atoms with Crippen LogP contribution in [0.15, 0.2) is 23.0 Å². The van der Waals surface area contributed by atoms with Gasteiger partial charge in [0.2, 0.25) is 5.56 Å². The molecule has 1 aromatic heterocycles. The van der Waals surface area contributed by atoms with Crippen molar-refractivity contribution in [3.05, 3.63) is 34.2 Å². The van der Waals surface area contributed by atoms with E-state index in [-0.39, 0.29) is 5.56 Å². The molecule has 0 bridgehead atoms. The minimum absolute atomic E-state index is 0.0399. The maximum Gasteiger partial charge on any atom is 0.248 e. The van der Waals surface area contributed by atoms with Crippen molar-refractivity contribution in [2.24, 2.45) is 0 Å². The van der Waals surface area contributed by atoms with Crippen molar-refractivity contribution < 1.29 is 0 Å². The van der Waals surface area contributed by atoms with Crippen LogP contribution in [0.25, 0.3) is 0 Å². The average molecular weight is 209 g/mol. The van der Waals surface area contributed by atoms with Gasteiger partial charge in [-0.05, 0) is 32.1 Å². The fourth-order valence-electron chi connectivity index (χ4n) is 1.33. The Kier molecular flexibility index (Phi) is 5.73. The topological polar surface area (TPSA) is 56.9 Å². The fraction of sp³-hybridized carbons (Fsp3) is 0.545. The third-order valence-corrected chi connectivity index (χ3v) is 2.10. The van der Waals surface area contributed by atoms with Crippen molar-refractivity contribution in [2.45, 2.75) is 19.9 Å². The van der Waals surface area contributed by atoms with Gasteiger partial charge in [-0.2, -0.15) is 0 Å². The van der Waals surface area contributed by atoms with E-state index < -0.39 is 0 Å². The maximum atomic E-state index is 11.0. The molecule has 0 saturated heterocycles. The third-order valence-electron chi connectivity index (χ3n) is 2.10. The molecule has 0 aliphatic carbocycles. The Hall–Kier alpha value is -1.13. The van der Waals surface area contributed by atoms with Crippen LogP contribution in [-0.2, 0) is 6.54 Å². The minimum atomic E-state index is -0.0399. The first-order valence-corrected chi connectivity index (χ1v) is 5.42. The predicted octanol–water partition coefficient (Wildman–Crippen LogP) is 0.464. The Labute approximate surface area is 90.1 Å². The number of H-pyrrole nitrogens is 1. The zero-order valence-electron chi connectivity index (χ0n) is 9.18. The molecule has 0 amide bonds. The molecule has 0 aliphatic rings. The lowest BCUT2D eigenvalue weighted by Crippen LogP contribution is -2.22. The van der Waals surface area contributed by atoms with Gasteiger partial charge in [-0.3, -0.25) is 4.79 Å². The van der Waals surface area contributed by atoms with E-state index in [1.807, 2.05) is 6.07 Å². The summed E-state index contributed by atoms with van der Waals surface area (Å²) in [6, 6.07) is 5.21. The van der Waals surface area contributed by atoms with Gasteiger partial charge in [0.25, 0.3) is 0 Å². The van der Waals surface area contributed by atoms with Crippen molar-refractivity contribution in [2.75, 3.05) is 19.6 Å². The molecule has 0 aliphatic heterocycles. The molecule has 0 aromatic carbocycles. The molecular formula is C11H19N3O. The number of rotatable bonds is 7. The summed E-state index contributed by atoms with van der Waals surface area (Å²) >= 11 is 0. The summed E-state index contributed by atoms with van der Waals surface area (Å²) in [4.78, 5) is 13.7. The van der Waals surface area contributed by atoms with Crippen molar-refractivity contribution in [3.63, 3.8) is 0 Å². The van der Waals surface area contributed by atoms with E-state index in [4.69, 9.17) is 0 Å². The van der Waals surface area contributed by atoms with Gasteiger partial charge in [0.05, 0.1) is 0 Å². The number of hydrogen-bond donors (Lipinski definition) is 3. The Balaban J connectivity index is 2.12. The summed E-state index contributed by atoms with van der Waals surface area (Å²) in [6.45, 7) is 5.84. The van der Waals surface area contributed by atoms with E-state index in [0.29, 0.717) is 0 Å². The van der Waals surface area contributed by atoms with Crippen molar-refractivity contribution >= 4 is 0 Å². The second-order valence-electron chi connectivity index (χ2n) is 3.42. The van der Waals surface area contributed by atoms with Gasteiger partial charge in [0.15, 0.2) is 0 Å². The molecule has 84 valence electrons. The summed E-state index contributed by atoms with van der Waals surface area (Å²) in [6.07, 6.45) is 1.10. The Morgan fingerprint density at radius 2 is 2.07 bits per heavy atom. The smallest absolute Gasteiger partial charge is 0.248 e. The second-order valence-corrected chi connectivity index (χ2v) is 3.42. The molecule has 15 heavy (non-hydrogen) atoms. The van der Waals surface area contributed by atoms with Crippen LogP contribution in [0.1, 0.15) is 19.0 Å². The molecule has 4 heteroatoms. The first kappa shape index (κ1) is 11.9. The Morgan fingerprint density at radius 3 is 2.80 bits per heavy atom. The molecule has 0 unspecified atom stereocenters. The zero-order valence-corrected chi connectivity index (χ0v) is 9.18. The van der Waals surface area contributed by atoms with Crippen LogP contribution in [0.5, 0.6) is 0 Å². The van der Waals surface area contributed by atoms with E-state index in [9.17, 15) is 4.79 Å². The van der Waals surface area contributed by atoms with Gasteiger partial charge < -0.3 is 15.6 Å². The van der Waals surface area contributed by atoms with Gasteiger partial charge >= 0.3 is 0 Å². The lowest BCUT2D eigenvalue weighted by atomic mass is 10.3. The van der Waals surface area contributed by atoms with Crippen molar-refractivity contribution in [1.29, 1.82) is 0 Å². The molecule has 1 heterocycles. The van der Waals surface area contributed by atoms with Crippen molar-refractivity contribution in [1.82, 2.24) is 15.6 Å². The van der Waals surface area contributed by atoms with Gasteiger partial charge in [-0.25, -0.2) is 0 Å². The van der Waals surface area contributed by atoms with Gasteiger partial charge in [-0.15, -0.1) is 0 Å². The number of aromatic nitrogens is 1. The summed E-state index contributed by atoms with van der Waals surface area (Å²) in [5.41, 5.74) is 0.896. The quantitative estimate of drug-likeness (QED) is 0.572. The highest BCUT2D eigenvalue weighted by molar-refractivity contribution is 5.03. The molecule has 0 spiro atoms. The molecule has 0 atom stereocenters. The van der Waals surface area contributed by atoms with Crippen LogP contribution >= 0.6 is 0 Å². The maximum absolute atomic E-state index is 11.0. The molecular weight excluding hydrogens is 190 g/mol. The first-order chi connectivity index (χ1) is 7.33. The lowest BCUT2D eigenvalue weighted by molar-refractivity contribution is 0.601. The Bertz CT molecular complexity index is 322.